The lowest BCUT2D eigenvalue weighted by Gasteiger charge is -2.38. The van der Waals surface area contributed by atoms with E-state index in [2.05, 4.69) is 20.3 Å². The van der Waals surface area contributed by atoms with Crippen LogP contribution in [0.5, 0.6) is 0 Å². The number of ether oxygens (including phenoxy) is 1. The topological polar surface area (TPSA) is 85.2 Å². The van der Waals surface area contributed by atoms with E-state index in [4.69, 9.17) is 9.72 Å². The summed E-state index contributed by atoms with van der Waals surface area (Å²) in [7, 11) is 0. The Hall–Kier alpha value is -3.24. The van der Waals surface area contributed by atoms with Crippen molar-refractivity contribution in [3.8, 4) is 5.82 Å². The van der Waals surface area contributed by atoms with Gasteiger partial charge in [0.15, 0.2) is 5.82 Å². The molecule has 1 saturated heterocycles. The number of carbonyl (C=O) groups excluding carboxylic acids is 1. The molecule has 2 aliphatic rings. The predicted octanol–water partition coefficient (Wildman–Crippen LogP) is 4.83. The molecule has 37 heavy (non-hydrogen) atoms. The van der Waals surface area contributed by atoms with E-state index < -0.39 is 6.43 Å². The molecule has 0 unspecified atom stereocenters. The van der Waals surface area contributed by atoms with Crippen LogP contribution in [0.3, 0.4) is 0 Å². The molecule has 3 aromatic rings. The molecule has 0 radical (unpaired) electrons. The summed E-state index contributed by atoms with van der Waals surface area (Å²) in [5.41, 5.74) is 3.59. The number of aryl methyl sites for hydroxylation is 1. The zero-order valence-electron chi connectivity index (χ0n) is 21.2. The van der Waals surface area contributed by atoms with Crippen LogP contribution in [0.25, 0.3) is 5.82 Å². The first-order valence-corrected chi connectivity index (χ1v) is 12.8. The summed E-state index contributed by atoms with van der Waals surface area (Å²) in [4.78, 5) is 24.3. The average molecular weight is 511 g/mol. The van der Waals surface area contributed by atoms with Crippen LogP contribution < -0.4 is 5.32 Å². The maximum atomic E-state index is 13.0. The fourth-order valence-electron chi connectivity index (χ4n) is 5.45. The Morgan fingerprint density at radius 3 is 2.46 bits per heavy atom. The summed E-state index contributed by atoms with van der Waals surface area (Å²) < 4.78 is 32.6. The Balaban J connectivity index is 1.22. The molecule has 0 atom stereocenters. The highest BCUT2D eigenvalue weighted by Crippen LogP contribution is 2.36. The van der Waals surface area contributed by atoms with Gasteiger partial charge in [-0.3, -0.25) is 14.7 Å². The molecule has 0 bridgehead atoms. The third-order valence-corrected chi connectivity index (χ3v) is 7.52. The number of hydrogen-bond acceptors (Lipinski definition) is 6. The number of rotatable bonds is 6. The number of nitrogens with one attached hydrogen (secondary N) is 1. The number of alkyl halides is 2. The van der Waals surface area contributed by atoms with Crippen LogP contribution in [0.4, 0.5) is 14.5 Å². The van der Waals surface area contributed by atoms with Gasteiger partial charge in [-0.2, -0.15) is 5.10 Å². The van der Waals surface area contributed by atoms with Gasteiger partial charge < -0.3 is 10.1 Å². The maximum absolute atomic E-state index is 13.0. The van der Waals surface area contributed by atoms with Gasteiger partial charge in [0.05, 0.1) is 42.6 Å². The monoisotopic (exact) mass is 510 g/mol. The average Bonchev–Trinajstić information content (AvgIpc) is 3.31. The smallest absolute Gasteiger partial charge is 0.265 e. The number of halogens is 2. The third kappa shape index (κ3) is 5.55. The highest BCUT2D eigenvalue weighted by molar-refractivity contribution is 6.04. The number of anilines is 1. The Morgan fingerprint density at radius 2 is 1.81 bits per heavy atom. The molecule has 5 rings (SSSR count). The minimum absolute atomic E-state index is 0.164. The van der Waals surface area contributed by atoms with Crippen LogP contribution in [-0.4, -0.2) is 62.9 Å². The molecule has 196 valence electrons. The van der Waals surface area contributed by atoms with E-state index in [0.29, 0.717) is 34.7 Å². The van der Waals surface area contributed by atoms with Crippen molar-refractivity contribution in [2.75, 3.05) is 31.6 Å². The molecule has 1 amide bonds. The molecule has 1 aliphatic heterocycles. The molecule has 0 spiro atoms. The Kier molecular flexibility index (Phi) is 7.57. The van der Waals surface area contributed by atoms with Crippen LogP contribution in [0, 0.1) is 13.8 Å². The van der Waals surface area contributed by atoms with E-state index in [9.17, 15) is 13.6 Å². The maximum Gasteiger partial charge on any atom is 0.265 e. The Labute approximate surface area is 215 Å². The molecular formula is C27H32F2N6O2. The Bertz CT molecular complexity index is 1230. The van der Waals surface area contributed by atoms with Gasteiger partial charge in [0.25, 0.3) is 12.3 Å². The minimum Gasteiger partial charge on any atom is -0.379 e. The number of amides is 1. The number of morpholine rings is 1. The van der Waals surface area contributed by atoms with Crippen molar-refractivity contribution < 1.29 is 18.3 Å². The third-order valence-electron chi connectivity index (χ3n) is 7.52. The van der Waals surface area contributed by atoms with Crippen LogP contribution in [0.15, 0.2) is 36.8 Å². The highest BCUT2D eigenvalue weighted by atomic mass is 19.3. The molecule has 4 heterocycles. The van der Waals surface area contributed by atoms with Crippen molar-refractivity contribution in [3.63, 3.8) is 0 Å². The molecule has 2 fully saturated rings. The van der Waals surface area contributed by atoms with Crippen molar-refractivity contribution in [1.29, 1.82) is 0 Å². The molecule has 3 aromatic heterocycles. The number of nitrogens with zero attached hydrogens (tertiary/aromatic N) is 5. The van der Waals surface area contributed by atoms with E-state index in [0.717, 1.165) is 56.6 Å². The number of hydrogen-bond donors (Lipinski definition) is 1. The standard InChI is InChI=1S/C27H32F2N6O2/c1-17-13-21(15-31-25(17)19-3-6-22(7-4-19)34-9-11-37-12-10-34)33-27(36)23-16-32-35(18(23)2)24-8-5-20(14-30-24)26(28)29/h5,8,13-16,19,22,26H,3-4,6-7,9-12H2,1-2H3,(H,33,36). The van der Waals surface area contributed by atoms with Gasteiger partial charge >= 0.3 is 0 Å². The van der Waals surface area contributed by atoms with E-state index in [-0.39, 0.29) is 11.5 Å². The lowest BCUT2D eigenvalue weighted by Crippen LogP contribution is -2.44. The Morgan fingerprint density at radius 1 is 1.05 bits per heavy atom. The van der Waals surface area contributed by atoms with Crippen molar-refractivity contribution in [2.45, 2.75) is 57.9 Å². The molecular weight excluding hydrogens is 478 g/mol. The fourth-order valence-corrected chi connectivity index (χ4v) is 5.45. The lowest BCUT2D eigenvalue weighted by molar-refractivity contribution is 0.00720. The van der Waals surface area contributed by atoms with Gasteiger partial charge in [0.2, 0.25) is 0 Å². The van der Waals surface area contributed by atoms with Gasteiger partial charge in [-0.1, -0.05) is 0 Å². The molecule has 1 N–H and O–H groups in total. The molecule has 10 heteroatoms. The van der Waals surface area contributed by atoms with Crippen LogP contribution in [0.1, 0.15) is 70.9 Å². The summed E-state index contributed by atoms with van der Waals surface area (Å²) in [5.74, 6) is 0.491. The van der Waals surface area contributed by atoms with Crippen LogP contribution in [0.2, 0.25) is 0 Å². The predicted molar refractivity (Wildman–Crippen MR) is 135 cm³/mol. The van der Waals surface area contributed by atoms with Gasteiger partial charge in [-0.15, -0.1) is 0 Å². The normalized spacial score (nSPS) is 20.8. The van der Waals surface area contributed by atoms with Crippen LogP contribution in [-0.2, 0) is 4.74 Å². The van der Waals surface area contributed by atoms with Gasteiger partial charge in [0.1, 0.15) is 0 Å². The summed E-state index contributed by atoms with van der Waals surface area (Å²) in [6, 6.07) is 5.38. The summed E-state index contributed by atoms with van der Waals surface area (Å²) in [5, 5.41) is 7.15. The molecule has 8 nitrogen and oxygen atoms in total. The number of carbonyl (C=O) groups is 1. The first-order valence-electron chi connectivity index (χ1n) is 12.8. The largest absolute Gasteiger partial charge is 0.379 e. The first-order chi connectivity index (χ1) is 17.9. The summed E-state index contributed by atoms with van der Waals surface area (Å²) in [6.45, 7) is 7.51. The van der Waals surface area contributed by atoms with E-state index >= 15 is 0 Å². The van der Waals surface area contributed by atoms with Crippen molar-refractivity contribution >= 4 is 11.6 Å². The van der Waals surface area contributed by atoms with Crippen molar-refractivity contribution in [2.24, 2.45) is 0 Å². The second kappa shape index (κ2) is 11.0. The zero-order chi connectivity index (χ0) is 25.9. The summed E-state index contributed by atoms with van der Waals surface area (Å²) >= 11 is 0. The van der Waals surface area contributed by atoms with Crippen molar-refractivity contribution in [3.05, 3.63) is 64.9 Å². The highest BCUT2D eigenvalue weighted by Gasteiger charge is 2.29. The molecule has 1 saturated carbocycles. The van der Waals surface area contributed by atoms with Gasteiger partial charge in [-0.25, -0.2) is 18.4 Å². The van der Waals surface area contributed by atoms with Crippen LogP contribution >= 0.6 is 0 Å². The van der Waals surface area contributed by atoms with E-state index in [1.807, 2.05) is 13.0 Å². The van der Waals surface area contributed by atoms with Gasteiger partial charge in [0, 0.05) is 42.5 Å². The quantitative estimate of drug-likeness (QED) is 0.512. The van der Waals surface area contributed by atoms with E-state index in [1.54, 1.807) is 13.1 Å². The molecule has 0 aromatic carbocycles. The molecule has 1 aliphatic carbocycles. The minimum atomic E-state index is -2.59. The summed E-state index contributed by atoms with van der Waals surface area (Å²) in [6.07, 6.45) is 6.29. The number of pyridine rings is 2. The lowest BCUT2D eigenvalue weighted by atomic mass is 9.82. The fraction of sp³-hybridized carbons (Fsp3) is 0.481. The van der Waals surface area contributed by atoms with E-state index in [1.165, 1.54) is 35.9 Å². The SMILES string of the molecule is Cc1cc(NC(=O)c2cnn(-c3ccc(C(F)F)cn3)c2C)cnc1C1CCC(N2CCOCC2)CC1. The number of aromatic nitrogens is 4. The first kappa shape index (κ1) is 25.4. The second-order valence-electron chi connectivity index (χ2n) is 9.84. The van der Waals surface area contributed by atoms with Gasteiger partial charge in [-0.05, 0) is 63.3 Å². The van der Waals surface area contributed by atoms with Crippen molar-refractivity contribution in [1.82, 2.24) is 24.6 Å². The second-order valence-corrected chi connectivity index (χ2v) is 9.84. The zero-order valence-corrected chi connectivity index (χ0v) is 21.2.